The average molecular weight is 219 g/mol. The number of aliphatic hydroxyl groups is 1. The predicted molar refractivity (Wildman–Crippen MR) is 66.2 cm³/mol. The quantitative estimate of drug-likeness (QED) is 0.720. The summed E-state index contributed by atoms with van der Waals surface area (Å²) >= 11 is 0. The maximum Gasteiger partial charge on any atom is 0.0443 e. The Balaban J connectivity index is 1.97. The Kier molecular flexibility index (Phi) is 4.37. The van der Waals surface area contributed by atoms with Crippen LogP contribution >= 0.6 is 0 Å². The molecule has 1 aliphatic rings. The highest BCUT2D eigenvalue weighted by atomic mass is 16.3. The van der Waals surface area contributed by atoms with Crippen LogP contribution in [0.2, 0.25) is 0 Å². The van der Waals surface area contributed by atoms with Crippen LogP contribution in [0.25, 0.3) is 0 Å². The summed E-state index contributed by atoms with van der Waals surface area (Å²) in [4.78, 5) is 0. The second-order valence-corrected chi connectivity index (χ2v) is 4.61. The first-order valence-corrected chi connectivity index (χ1v) is 6.31. The van der Waals surface area contributed by atoms with E-state index in [1.165, 1.54) is 24.8 Å². The predicted octanol–water partition coefficient (Wildman–Crippen LogP) is 2.50. The Hall–Kier alpha value is -0.860. The van der Waals surface area contributed by atoms with Crippen LogP contribution in [-0.4, -0.2) is 18.3 Å². The van der Waals surface area contributed by atoms with Crippen molar-refractivity contribution in [2.75, 3.05) is 13.2 Å². The molecule has 2 rings (SSSR count). The minimum atomic E-state index is 0.277. The lowest BCUT2D eigenvalue weighted by Crippen LogP contribution is -2.33. The van der Waals surface area contributed by atoms with Crippen molar-refractivity contribution in [1.29, 1.82) is 0 Å². The molecule has 0 heterocycles. The molecule has 0 aromatic heterocycles. The highest BCUT2D eigenvalue weighted by Crippen LogP contribution is 2.37. The van der Waals surface area contributed by atoms with Crippen molar-refractivity contribution in [3.8, 4) is 0 Å². The van der Waals surface area contributed by atoms with Crippen molar-refractivity contribution < 1.29 is 5.11 Å². The minimum absolute atomic E-state index is 0.277. The lowest BCUT2D eigenvalue weighted by Gasteiger charge is -2.35. The zero-order chi connectivity index (χ0) is 11.2. The van der Waals surface area contributed by atoms with Crippen LogP contribution in [0.4, 0.5) is 0 Å². The largest absolute Gasteiger partial charge is 0.396 e. The molecule has 0 radical (unpaired) electrons. The number of nitrogens with one attached hydrogen (secondary N) is 1. The van der Waals surface area contributed by atoms with E-state index >= 15 is 0 Å². The Labute approximate surface area is 97.7 Å². The molecular formula is C14H21NO. The molecule has 16 heavy (non-hydrogen) atoms. The highest BCUT2D eigenvalue weighted by molar-refractivity contribution is 5.20. The minimum Gasteiger partial charge on any atom is -0.396 e. The van der Waals surface area contributed by atoms with Gasteiger partial charge in [0, 0.05) is 12.6 Å². The summed E-state index contributed by atoms with van der Waals surface area (Å²) in [5, 5.41) is 12.4. The molecule has 88 valence electrons. The lowest BCUT2D eigenvalue weighted by molar-refractivity contribution is 0.222. The van der Waals surface area contributed by atoms with Crippen LogP contribution in [-0.2, 0) is 0 Å². The molecule has 1 atom stereocenters. The van der Waals surface area contributed by atoms with E-state index in [1.807, 2.05) is 0 Å². The van der Waals surface area contributed by atoms with Gasteiger partial charge in [-0.15, -0.1) is 0 Å². The number of benzene rings is 1. The smallest absolute Gasteiger partial charge is 0.0443 e. The fourth-order valence-electron chi connectivity index (χ4n) is 2.33. The van der Waals surface area contributed by atoms with E-state index in [0.717, 1.165) is 18.9 Å². The second-order valence-electron chi connectivity index (χ2n) is 4.61. The van der Waals surface area contributed by atoms with Gasteiger partial charge in [0.05, 0.1) is 0 Å². The van der Waals surface area contributed by atoms with Crippen molar-refractivity contribution >= 4 is 0 Å². The Bertz CT molecular complexity index is 295. The van der Waals surface area contributed by atoms with Gasteiger partial charge in [-0.1, -0.05) is 36.8 Å². The molecule has 1 fully saturated rings. The molecule has 0 spiro atoms. The van der Waals surface area contributed by atoms with E-state index in [9.17, 15) is 0 Å². The highest BCUT2D eigenvalue weighted by Gasteiger charge is 2.27. The van der Waals surface area contributed by atoms with Crippen LogP contribution in [0.1, 0.15) is 37.3 Å². The van der Waals surface area contributed by atoms with Crippen LogP contribution in [0.15, 0.2) is 30.3 Å². The fourth-order valence-corrected chi connectivity index (χ4v) is 2.33. The number of hydrogen-bond acceptors (Lipinski definition) is 2. The van der Waals surface area contributed by atoms with Crippen LogP contribution in [0.5, 0.6) is 0 Å². The van der Waals surface area contributed by atoms with Crippen molar-refractivity contribution in [3.63, 3.8) is 0 Å². The maximum atomic E-state index is 8.82. The Morgan fingerprint density at radius 2 is 2.00 bits per heavy atom. The Morgan fingerprint density at radius 3 is 2.56 bits per heavy atom. The summed E-state index contributed by atoms with van der Waals surface area (Å²) in [7, 11) is 0. The lowest BCUT2D eigenvalue weighted by atomic mass is 9.77. The number of rotatable bonds is 6. The normalized spacial score (nSPS) is 18.1. The van der Waals surface area contributed by atoms with Gasteiger partial charge in [-0.05, 0) is 37.3 Å². The molecule has 1 aliphatic carbocycles. The summed E-state index contributed by atoms with van der Waals surface area (Å²) in [6.07, 6.45) is 4.89. The summed E-state index contributed by atoms with van der Waals surface area (Å²) in [5.41, 5.74) is 1.39. The molecule has 1 aromatic carbocycles. The number of aliphatic hydroxyl groups excluding tert-OH is 1. The van der Waals surface area contributed by atoms with Gasteiger partial charge in [-0.3, -0.25) is 0 Å². The third-order valence-electron chi connectivity index (χ3n) is 3.48. The molecule has 1 saturated carbocycles. The summed E-state index contributed by atoms with van der Waals surface area (Å²) in [6, 6.07) is 11.2. The van der Waals surface area contributed by atoms with Crippen LogP contribution in [0.3, 0.4) is 0 Å². The third-order valence-corrected chi connectivity index (χ3v) is 3.48. The second kappa shape index (κ2) is 6.02. The zero-order valence-electron chi connectivity index (χ0n) is 9.73. The molecular weight excluding hydrogens is 198 g/mol. The molecule has 2 heteroatoms. The van der Waals surface area contributed by atoms with E-state index in [4.69, 9.17) is 5.11 Å². The molecule has 0 saturated heterocycles. The van der Waals surface area contributed by atoms with E-state index in [-0.39, 0.29) is 6.61 Å². The van der Waals surface area contributed by atoms with Gasteiger partial charge in [-0.25, -0.2) is 0 Å². The van der Waals surface area contributed by atoms with E-state index in [2.05, 4.69) is 35.6 Å². The third kappa shape index (κ3) is 2.83. The van der Waals surface area contributed by atoms with Gasteiger partial charge in [-0.2, -0.15) is 0 Å². The van der Waals surface area contributed by atoms with Gasteiger partial charge in [0.1, 0.15) is 0 Å². The monoisotopic (exact) mass is 219 g/mol. The van der Waals surface area contributed by atoms with E-state index in [0.29, 0.717) is 6.04 Å². The van der Waals surface area contributed by atoms with E-state index in [1.54, 1.807) is 0 Å². The standard InChI is InChI=1S/C14H21NO/c16-11-5-10-15-14(13-8-4-9-13)12-6-2-1-3-7-12/h1-3,6-7,13-16H,4-5,8-11H2. The Morgan fingerprint density at radius 1 is 1.25 bits per heavy atom. The van der Waals surface area contributed by atoms with Gasteiger partial charge >= 0.3 is 0 Å². The topological polar surface area (TPSA) is 32.3 Å². The molecule has 0 bridgehead atoms. The van der Waals surface area contributed by atoms with Gasteiger partial charge in [0.25, 0.3) is 0 Å². The van der Waals surface area contributed by atoms with Crippen LogP contribution in [0, 0.1) is 5.92 Å². The van der Waals surface area contributed by atoms with Crippen molar-refractivity contribution in [3.05, 3.63) is 35.9 Å². The summed E-state index contributed by atoms with van der Waals surface area (Å²) < 4.78 is 0. The number of hydrogen-bond donors (Lipinski definition) is 2. The first-order chi connectivity index (χ1) is 7.92. The van der Waals surface area contributed by atoms with Crippen LogP contribution < -0.4 is 5.32 Å². The van der Waals surface area contributed by atoms with Gasteiger partial charge < -0.3 is 10.4 Å². The molecule has 0 aliphatic heterocycles. The molecule has 0 amide bonds. The molecule has 2 nitrogen and oxygen atoms in total. The van der Waals surface area contributed by atoms with Crippen molar-refractivity contribution in [2.24, 2.45) is 5.92 Å². The zero-order valence-corrected chi connectivity index (χ0v) is 9.73. The molecule has 1 aromatic rings. The first kappa shape index (κ1) is 11.6. The maximum absolute atomic E-state index is 8.82. The SMILES string of the molecule is OCCCNC(c1ccccc1)C1CCC1. The van der Waals surface area contributed by atoms with Crippen molar-refractivity contribution in [1.82, 2.24) is 5.32 Å². The molecule has 2 N–H and O–H groups in total. The van der Waals surface area contributed by atoms with Gasteiger partial charge in [0.2, 0.25) is 0 Å². The van der Waals surface area contributed by atoms with Gasteiger partial charge in [0.15, 0.2) is 0 Å². The summed E-state index contributed by atoms with van der Waals surface area (Å²) in [5.74, 6) is 0.793. The first-order valence-electron chi connectivity index (χ1n) is 6.31. The fraction of sp³-hybridized carbons (Fsp3) is 0.571. The summed E-state index contributed by atoms with van der Waals surface area (Å²) in [6.45, 7) is 1.19. The molecule has 1 unspecified atom stereocenters. The van der Waals surface area contributed by atoms with Crippen molar-refractivity contribution in [2.45, 2.75) is 31.7 Å². The van der Waals surface area contributed by atoms with E-state index < -0.39 is 0 Å². The average Bonchev–Trinajstić information content (AvgIpc) is 2.27.